The highest BCUT2D eigenvalue weighted by Crippen LogP contribution is 2.12. The van der Waals surface area contributed by atoms with Crippen molar-refractivity contribution in [1.82, 2.24) is 29.6 Å². The molecule has 0 bridgehead atoms. The normalized spacial score (nSPS) is 17.8. The maximum Gasteiger partial charge on any atom is 0.222 e. The molecule has 23 heavy (non-hydrogen) atoms. The van der Waals surface area contributed by atoms with Crippen molar-refractivity contribution in [3.8, 4) is 0 Å². The molecule has 124 valence electrons. The van der Waals surface area contributed by atoms with Crippen molar-refractivity contribution < 1.29 is 4.74 Å². The van der Waals surface area contributed by atoms with Crippen molar-refractivity contribution in [2.45, 2.75) is 32.0 Å². The average molecular weight is 317 g/mol. The summed E-state index contributed by atoms with van der Waals surface area (Å²) in [6.07, 6.45) is 7.97. The molecule has 0 aliphatic carbocycles. The Labute approximate surface area is 135 Å². The molecule has 3 heterocycles. The van der Waals surface area contributed by atoms with Gasteiger partial charge in [-0.3, -0.25) is 4.90 Å². The first-order chi connectivity index (χ1) is 11.2. The monoisotopic (exact) mass is 317 g/mol. The van der Waals surface area contributed by atoms with Gasteiger partial charge in [-0.05, 0) is 19.9 Å². The van der Waals surface area contributed by atoms with Gasteiger partial charge in [0.2, 0.25) is 5.95 Å². The van der Waals surface area contributed by atoms with Crippen molar-refractivity contribution in [2.24, 2.45) is 7.05 Å². The lowest BCUT2D eigenvalue weighted by Crippen LogP contribution is -2.21. The predicted octanol–water partition coefficient (Wildman–Crippen LogP) is 0.828. The zero-order valence-corrected chi connectivity index (χ0v) is 13.6. The van der Waals surface area contributed by atoms with Gasteiger partial charge in [-0.1, -0.05) is 0 Å². The molecule has 8 nitrogen and oxygen atoms in total. The van der Waals surface area contributed by atoms with Crippen LogP contribution in [0.15, 0.2) is 18.7 Å². The van der Waals surface area contributed by atoms with E-state index in [1.807, 2.05) is 31.1 Å². The molecule has 0 spiro atoms. The fourth-order valence-electron chi connectivity index (χ4n) is 2.60. The van der Waals surface area contributed by atoms with Crippen molar-refractivity contribution in [1.29, 1.82) is 0 Å². The van der Waals surface area contributed by atoms with Gasteiger partial charge in [0, 0.05) is 44.7 Å². The number of nitrogens with one attached hydrogen (secondary N) is 1. The summed E-state index contributed by atoms with van der Waals surface area (Å²) in [5.74, 6) is 1.59. The van der Waals surface area contributed by atoms with E-state index in [4.69, 9.17) is 4.74 Å². The van der Waals surface area contributed by atoms with Crippen LogP contribution < -0.4 is 5.32 Å². The standard InChI is InChI=1S/C15H23N7O/c1-21(10-14-20-19-11-22(14)2)9-12-6-16-15(17-7-12)18-8-13-4-3-5-23-13/h6-7,11,13H,3-5,8-10H2,1-2H3,(H,16,17,18)/t13-/m1/s1. The van der Waals surface area contributed by atoms with Crippen molar-refractivity contribution >= 4 is 5.95 Å². The fraction of sp³-hybridized carbons (Fsp3) is 0.600. The van der Waals surface area contributed by atoms with Crippen LogP contribution in [0.3, 0.4) is 0 Å². The van der Waals surface area contributed by atoms with Gasteiger partial charge in [0.15, 0.2) is 0 Å². The highest BCUT2D eigenvalue weighted by molar-refractivity contribution is 5.24. The maximum absolute atomic E-state index is 5.57. The lowest BCUT2D eigenvalue weighted by atomic mass is 10.2. The van der Waals surface area contributed by atoms with Gasteiger partial charge in [0.05, 0.1) is 12.6 Å². The van der Waals surface area contributed by atoms with E-state index in [9.17, 15) is 0 Å². The van der Waals surface area contributed by atoms with Gasteiger partial charge < -0.3 is 14.6 Å². The average Bonchev–Trinajstić information content (AvgIpc) is 3.19. The van der Waals surface area contributed by atoms with E-state index in [0.717, 1.165) is 50.5 Å². The van der Waals surface area contributed by atoms with Crippen LogP contribution in [0.4, 0.5) is 5.95 Å². The van der Waals surface area contributed by atoms with Crippen LogP contribution in [-0.2, 0) is 24.9 Å². The Balaban J connectivity index is 1.47. The second kappa shape index (κ2) is 7.47. The van der Waals surface area contributed by atoms with Crippen LogP contribution >= 0.6 is 0 Å². The second-order valence-electron chi connectivity index (χ2n) is 5.96. The van der Waals surface area contributed by atoms with E-state index in [1.54, 1.807) is 6.33 Å². The predicted molar refractivity (Wildman–Crippen MR) is 85.7 cm³/mol. The molecule has 2 aromatic rings. The summed E-state index contributed by atoms with van der Waals surface area (Å²) >= 11 is 0. The van der Waals surface area contributed by atoms with Crippen LogP contribution in [0.1, 0.15) is 24.2 Å². The van der Waals surface area contributed by atoms with Crippen LogP contribution in [0.5, 0.6) is 0 Å². The molecule has 0 amide bonds. The SMILES string of the molecule is CN(Cc1cnc(NC[C@H]2CCCO2)nc1)Cc1nncn1C. The second-order valence-corrected chi connectivity index (χ2v) is 5.96. The molecule has 0 radical (unpaired) electrons. The molecular weight excluding hydrogens is 294 g/mol. The van der Waals surface area contributed by atoms with Crippen molar-refractivity contribution in [2.75, 3.05) is 25.5 Å². The summed E-state index contributed by atoms with van der Waals surface area (Å²) in [6.45, 7) is 3.13. The lowest BCUT2D eigenvalue weighted by molar-refractivity contribution is 0.120. The number of aryl methyl sites for hydroxylation is 1. The zero-order valence-electron chi connectivity index (χ0n) is 13.6. The number of anilines is 1. The van der Waals surface area contributed by atoms with Crippen LogP contribution in [0.2, 0.25) is 0 Å². The highest BCUT2D eigenvalue weighted by Gasteiger charge is 2.15. The van der Waals surface area contributed by atoms with Gasteiger partial charge in [0.25, 0.3) is 0 Å². The van der Waals surface area contributed by atoms with E-state index in [0.29, 0.717) is 5.95 Å². The van der Waals surface area contributed by atoms with Crippen LogP contribution in [-0.4, -0.2) is 55.9 Å². The summed E-state index contributed by atoms with van der Waals surface area (Å²) in [6, 6.07) is 0. The molecule has 1 aliphatic heterocycles. The van der Waals surface area contributed by atoms with Gasteiger partial charge in [-0.25, -0.2) is 9.97 Å². The van der Waals surface area contributed by atoms with Crippen LogP contribution in [0, 0.1) is 0 Å². The number of rotatable bonds is 7. The first-order valence-corrected chi connectivity index (χ1v) is 7.88. The molecular formula is C15H23N7O. The summed E-state index contributed by atoms with van der Waals surface area (Å²) in [7, 11) is 3.99. The summed E-state index contributed by atoms with van der Waals surface area (Å²) in [5, 5.41) is 11.2. The highest BCUT2D eigenvalue weighted by atomic mass is 16.5. The van der Waals surface area contributed by atoms with Crippen molar-refractivity contribution in [3.05, 3.63) is 30.1 Å². The maximum atomic E-state index is 5.57. The Morgan fingerprint density at radius 3 is 2.83 bits per heavy atom. The largest absolute Gasteiger partial charge is 0.376 e. The first-order valence-electron chi connectivity index (χ1n) is 7.88. The zero-order chi connectivity index (χ0) is 16.1. The smallest absolute Gasteiger partial charge is 0.222 e. The third kappa shape index (κ3) is 4.46. The molecule has 0 aromatic carbocycles. The van der Waals surface area contributed by atoms with Gasteiger partial charge in [-0.2, -0.15) is 0 Å². The van der Waals surface area contributed by atoms with Crippen molar-refractivity contribution in [3.63, 3.8) is 0 Å². The quantitative estimate of drug-likeness (QED) is 0.810. The summed E-state index contributed by atoms with van der Waals surface area (Å²) in [4.78, 5) is 10.9. The molecule has 8 heteroatoms. The van der Waals surface area contributed by atoms with Gasteiger partial charge >= 0.3 is 0 Å². The van der Waals surface area contributed by atoms with Gasteiger partial charge in [0.1, 0.15) is 12.2 Å². The molecule has 3 rings (SSSR count). The van der Waals surface area contributed by atoms with Gasteiger partial charge in [-0.15, -0.1) is 10.2 Å². The number of hydrogen-bond acceptors (Lipinski definition) is 7. The summed E-state index contributed by atoms with van der Waals surface area (Å²) in [5.41, 5.74) is 1.07. The Hall–Kier alpha value is -2.06. The molecule has 0 unspecified atom stereocenters. The minimum absolute atomic E-state index is 0.288. The lowest BCUT2D eigenvalue weighted by Gasteiger charge is -2.16. The molecule has 1 saturated heterocycles. The molecule has 2 aromatic heterocycles. The molecule has 1 fully saturated rings. The summed E-state index contributed by atoms with van der Waals surface area (Å²) < 4.78 is 7.49. The van der Waals surface area contributed by atoms with E-state index < -0.39 is 0 Å². The minimum Gasteiger partial charge on any atom is -0.376 e. The third-order valence-electron chi connectivity index (χ3n) is 3.89. The number of aromatic nitrogens is 5. The Kier molecular flexibility index (Phi) is 5.14. The van der Waals surface area contributed by atoms with E-state index >= 15 is 0 Å². The Morgan fingerprint density at radius 1 is 1.35 bits per heavy atom. The molecule has 1 aliphatic rings. The number of ether oxygens (including phenoxy) is 1. The molecule has 1 atom stereocenters. The molecule has 0 saturated carbocycles. The first kappa shape index (κ1) is 15.8. The van der Waals surface area contributed by atoms with E-state index in [-0.39, 0.29) is 6.10 Å². The third-order valence-corrected chi connectivity index (χ3v) is 3.89. The number of hydrogen-bond donors (Lipinski definition) is 1. The van der Waals surface area contributed by atoms with Crippen LogP contribution in [0.25, 0.3) is 0 Å². The number of nitrogens with zero attached hydrogens (tertiary/aromatic N) is 6. The fourth-order valence-corrected chi connectivity index (χ4v) is 2.60. The Morgan fingerprint density at radius 2 is 2.17 bits per heavy atom. The minimum atomic E-state index is 0.288. The topological polar surface area (TPSA) is 81.0 Å². The van der Waals surface area contributed by atoms with E-state index in [1.165, 1.54) is 0 Å². The molecule has 1 N–H and O–H groups in total. The Bertz CT molecular complexity index is 607. The van der Waals surface area contributed by atoms with E-state index in [2.05, 4.69) is 30.4 Å².